The first-order valence-corrected chi connectivity index (χ1v) is 5.35. The predicted molar refractivity (Wildman–Crippen MR) is 57.5 cm³/mol. The van der Waals surface area contributed by atoms with Gasteiger partial charge in [0, 0.05) is 11.0 Å². The Kier molecular flexibility index (Phi) is 3.74. The number of thioether (sulfide) groups is 1. The van der Waals surface area contributed by atoms with Crippen molar-refractivity contribution in [2.45, 2.75) is 36.3 Å². The molecule has 0 heterocycles. The minimum absolute atomic E-state index is 0.0469. The molecule has 0 spiro atoms. The predicted octanol–water partition coefficient (Wildman–Crippen LogP) is 0.903. The number of hydrogen-bond donors (Lipinski definition) is 4. The second-order valence-corrected chi connectivity index (χ2v) is 4.76. The van der Waals surface area contributed by atoms with Crippen LogP contribution >= 0.6 is 11.8 Å². The largest absolute Gasteiger partial charge is 0.386 e. The highest BCUT2D eigenvalue weighted by Crippen LogP contribution is 2.28. The summed E-state index contributed by atoms with van der Waals surface area (Å²) in [6.07, 6.45) is 3.76. The van der Waals surface area contributed by atoms with Crippen LogP contribution in [-0.2, 0) is 0 Å². The van der Waals surface area contributed by atoms with Crippen LogP contribution in [0.5, 0.6) is 0 Å². The summed E-state index contributed by atoms with van der Waals surface area (Å²) in [5.41, 5.74) is 11.8. The molecule has 0 aliphatic heterocycles. The van der Waals surface area contributed by atoms with E-state index in [1.165, 1.54) is 0 Å². The zero-order chi connectivity index (χ0) is 9.84. The molecule has 1 atom stereocenters. The Morgan fingerprint density at radius 2 is 2.00 bits per heavy atom. The van der Waals surface area contributed by atoms with Crippen LogP contribution in [0.4, 0.5) is 0 Å². The normalized spacial score (nSPS) is 25.6. The van der Waals surface area contributed by atoms with E-state index in [0.29, 0.717) is 5.25 Å². The highest BCUT2D eigenvalue weighted by molar-refractivity contribution is 8.01. The van der Waals surface area contributed by atoms with Crippen LogP contribution in [0.1, 0.15) is 25.7 Å². The number of amidine groups is 1. The van der Waals surface area contributed by atoms with E-state index in [0.717, 1.165) is 31.4 Å². The molecule has 0 bridgehead atoms. The minimum atomic E-state index is -0.364. The average Bonchev–Trinajstić information content (AvgIpc) is 2.08. The first-order chi connectivity index (χ1) is 6.09. The van der Waals surface area contributed by atoms with Crippen LogP contribution in [-0.4, -0.2) is 22.2 Å². The second kappa shape index (κ2) is 4.62. The van der Waals surface area contributed by atoms with E-state index in [1.807, 2.05) is 0 Å². The Morgan fingerprint density at radius 3 is 2.46 bits per heavy atom. The molecule has 1 saturated carbocycles. The van der Waals surface area contributed by atoms with Gasteiger partial charge in [-0.15, -0.1) is 11.8 Å². The van der Waals surface area contributed by atoms with Crippen LogP contribution in [0.25, 0.3) is 0 Å². The zero-order valence-corrected chi connectivity index (χ0v) is 8.36. The van der Waals surface area contributed by atoms with E-state index in [4.69, 9.17) is 22.3 Å². The SMILES string of the molecule is N=C1CCC(SC(N)C(=N)N)CC1. The van der Waals surface area contributed by atoms with Gasteiger partial charge in [-0.05, 0) is 25.7 Å². The summed E-state index contributed by atoms with van der Waals surface area (Å²) in [4.78, 5) is 0. The Bertz CT molecular complexity index is 206. The smallest absolute Gasteiger partial charge is 0.118 e. The van der Waals surface area contributed by atoms with Gasteiger partial charge in [0.1, 0.15) is 11.2 Å². The molecule has 6 N–H and O–H groups in total. The van der Waals surface area contributed by atoms with Gasteiger partial charge >= 0.3 is 0 Å². The van der Waals surface area contributed by atoms with Gasteiger partial charge in [-0.25, -0.2) is 0 Å². The molecule has 1 unspecified atom stereocenters. The number of rotatable bonds is 3. The zero-order valence-electron chi connectivity index (χ0n) is 7.55. The van der Waals surface area contributed by atoms with E-state index in [1.54, 1.807) is 11.8 Å². The molecule has 5 heteroatoms. The fourth-order valence-electron chi connectivity index (χ4n) is 1.36. The van der Waals surface area contributed by atoms with Gasteiger partial charge in [0.25, 0.3) is 0 Å². The standard InChI is InChI=1S/C8H16N4S/c9-5-1-3-6(4-2-5)13-8(12)7(10)11/h6,8-9H,1-4,12H2,(H3,10,11). The van der Waals surface area contributed by atoms with Crippen molar-refractivity contribution < 1.29 is 0 Å². The molecule has 1 rings (SSSR count). The Hall–Kier alpha value is -0.550. The molecule has 0 aromatic rings. The molecular weight excluding hydrogens is 184 g/mol. The summed E-state index contributed by atoms with van der Waals surface area (Å²) in [5, 5.41) is 14.7. The van der Waals surface area contributed by atoms with Crippen molar-refractivity contribution in [3.8, 4) is 0 Å². The molecule has 0 saturated heterocycles. The molecule has 13 heavy (non-hydrogen) atoms. The third kappa shape index (κ3) is 3.36. The second-order valence-electron chi connectivity index (χ2n) is 3.31. The van der Waals surface area contributed by atoms with Gasteiger partial charge in [-0.1, -0.05) is 0 Å². The van der Waals surface area contributed by atoms with E-state index in [9.17, 15) is 0 Å². The fourth-order valence-corrected chi connectivity index (χ4v) is 2.43. The molecule has 74 valence electrons. The lowest BCUT2D eigenvalue weighted by Crippen LogP contribution is -2.35. The van der Waals surface area contributed by atoms with E-state index < -0.39 is 0 Å². The van der Waals surface area contributed by atoms with Gasteiger partial charge in [0.05, 0.1) is 0 Å². The molecule has 1 aliphatic rings. The molecule has 0 aromatic heterocycles. The third-order valence-corrected chi connectivity index (χ3v) is 3.59. The molecule has 4 nitrogen and oxygen atoms in total. The first kappa shape index (κ1) is 10.5. The molecule has 1 fully saturated rings. The van der Waals surface area contributed by atoms with Crippen molar-refractivity contribution >= 4 is 23.3 Å². The maximum absolute atomic E-state index is 7.44. The lowest BCUT2D eigenvalue weighted by atomic mass is 9.98. The maximum Gasteiger partial charge on any atom is 0.118 e. The average molecular weight is 200 g/mol. The van der Waals surface area contributed by atoms with E-state index in [-0.39, 0.29) is 11.2 Å². The Morgan fingerprint density at radius 1 is 1.46 bits per heavy atom. The van der Waals surface area contributed by atoms with Gasteiger partial charge in [0.15, 0.2) is 0 Å². The summed E-state index contributed by atoms with van der Waals surface area (Å²) in [6, 6.07) is 0. The van der Waals surface area contributed by atoms with Crippen molar-refractivity contribution in [3.05, 3.63) is 0 Å². The summed E-state index contributed by atoms with van der Waals surface area (Å²) < 4.78 is 0. The minimum Gasteiger partial charge on any atom is -0.386 e. The van der Waals surface area contributed by atoms with Gasteiger partial charge in [-0.3, -0.25) is 5.41 Å². The summed E-state index contributed by atoms with van der Waals surface area (Å²) >= 11 is 1.56. The van der Waals surface area contributed by atoms with Crippen LogP contribution in [0, 0.1) is 10.8 Å². The highest BCUT2D eigenvalue weighted by atomic mass is 32.2. The number of nitrogens with two attached hydrogens (primary N) is 2. The quantitative estimate of drug-likeness (QED) is 0.309. The van der Waals surface area contributed by atoms with Crippen LogP contribution < -0.4 is 11.5 Å². The maximum atomic E-state index is 7.44. The summed E-state index contributed by atoms with van der Waals surface area (Å²) in [6.45, 7) is 0. The molecule has 0 amide bonds. The molecular formula is C8H16N4S. The van der Waals surface area contributed by atoms with Crippen LogP contribution in [0.3, 0.4) is 0 Å². The van der Waals surface area contributed by atoms with Crippen LogP contribution in [0.15, 0.2) is 0 Å². The van der Waals surface area contributed by atoms with Crippen LogP contribution in [0.2, 0.25) is 0 Å². The Labute approximate surface area is 82.5 Å². The van der Waals surface area contributed by atoms with Crippen molar-refractivity contribution in [3.63, 3.8) is 0 Å². The topological polar surface area (TPSA) is 99.7 Å². The van der Waals surface area contributed by atoms with Crippen molar-refractivity contribution in [1.29, 1.82) is 10.8 Å². The van der Waals surface area contributed by atoms with Gasteiger partial charge in [-0.2, -0.15) is 0 Å². The molecule has 0 radical (unpaired) electrons. The van der Waals surface area contributed by atoms with E-state index in [2.05, 4.69) is 0 Å². The molecule has 0 aromatic carbocycles. The van der Waals surface area contributed by atoms with E-state index >= 15 is 0 Å². The summed E-state index contributed by atoms with van der Waals surface area (Å²) in [5.74, 6) is 0.0469. The highest BCUT2D eigenvalue weighted by Gasteiger charge is 2.20. The third-order valence-electron chi connectivity index (χ3n) is 2.18. The Balaban J connectivity index is 2.30. The monoisotopic (exact) mass is 200 g/mol. The van der Waals surface area contributed by atoms with Gasteiger partial charge in [0.2, 0.25) is 0 Å². The first-order valence-electron chi connectivity index (χ1n) is 4.41. The lowest BCUT2D eigenvalue weighted by Gasteiger charge is -2.24. The van der Waals surface area contributed by atoms with Crippen molar-refractivity contribution in [2.75, 3.05) is 0 Å². The van der Waals surface area contributed by atoms with Gasteiger partial charge < -0.3 is 16.9 Å². The number of nitrogens with one attached hydrogen (secondary N) is 2. The summed E-state index contributed by atoms with van der Waals surface area (Å²) in [7, 11) is 0. The lowest BCUT2D eigenvalue weighted by molar-refractivity contribution is 0.679. The van der Waals surface area contributed by atoms with Crippen molar-refractivity contribution in [1.82, 2.24) is 0 Å². The van der Waals surface area contributed by atoms with Crippen molar-refractivity contribution in [2.24, 2.45) is 11.5 Å². The fraction of sp³-hybridized carbons (Fsp3) is 0.750. The molecule has 1 aliphatic carbocycles. The number of hydrogen-bond acceptors (Lipinski definition) is 4.